The van der Waals surface area contributed by atoms with Crippen molar-refractivity contribution in [3.63, 3.8) is 0 Å². The van der Waals surface area contributed by atoms with Gasteiger partial charge in [-0.25, -0.2) is 9.98 Å². The van der Waals surface area contributed by atoms with Crippen LogP contribution in [0.15, 0.2) is 21.9 Å². The van der Waals surface area contributed by atoms with Gasteiger partial charge in [0.1, 0.15) is 11.5 Å². The fraction of sp³-hybridized carbons (Fsp3) is 0.556. The first-order chi connectivity index (χ1) is 6.13. The molecule has 1 aliphatic rings. The van der Waals surface area contributed by atoms with Crippen LogP contribution in [0.2, 0.25) is 0 Å². The standard InChI is InChI=1S/C9H14ClN3/c1-4-5-8-11-7(6-13(2)3)9(10)12-8/h6H,4-5H2,1-3H3/b7-6+. The highest BCUT2D eigenvalue weighted by Crippen LogP contribution is 2.15. The molecule has 0 aromatic rings. The van der Waals surface area contributed by atoms with Crippen molar-refractivity contribution < 1.29 is 0 Å². The zero-order chi connectivity index (χ0) is 9.84. The first kappa shape index (κ1) is 10.3. The fourth-order valence-corrected chi connectivity index (χ4v) is 1.23. The number of allylic oxidation sites excluding steroid dienone is 1. The Morgan fingerprint density at radius 3 is 2.62 bits per heavy atom. The normalized spacial score (nSPS) is 18.9. The first-order valence-corrected chi connectivity index (χ1v) is 4.71. The number of nitrogens with zero attached hydrogens (tertiary/aromatic N) is 3. The summed E-state index contributed by atoms with van der Waals surface area (Å²) in [6, 6.07) is 0. The van der Waals surface area contributed by atoms with Crippen LogP contribution in [0, 0.1) is 0 Å². The summed E-state index contributed by atoms with van der Waals surface area (Å²) in [5, 5.41) is 0.497. The maximum atomic E-state index is 5.89. The molecule has 0 aliphatic carbocycles. The molecule has 0 aromatic heterocycles. The van der Waals surface area contributed by atoms with E-state index in [0.717, 1.165) is 24.4 Å². The van der Waals surface area contributed by atoms with Gasteiger partial charge in [-0.1, -0.05) is 18.5 Å². The van der Waals surface area contributed by atoms with Crippen LogP contribution < -0.4 is 0 Å². The summed E-state index contributed by atoms with van der Waals surface area (Å²) in [6.45, 7) is 2.10. The smallest absolute Gasteiger partial charge is 0.158 e. The van der Waals surface area contributed by atoms with E-state index in [9.17, 15) is 0 Å². The molecule has 0 radical (unpaired) electrons. The molecule has 1 rings (SSSR count). The molecule has 0 N–H and O–H groups in total. The maximum absolute atomic E-state index is 5.89. The van der Waals surface area contributed by atoms with Gasteiger partial charge in [-0.05, 0) is 6.42 Å². The van der Waals surface area contributed by atoms with E-state index in [2.05, 4.69) is 16.9 Å². The second-order valence-corrected chi connectivity index (χ2v) is 3.52. The predicted molar refractivity (Wildman–Crippen MR) is 57.4 cm³/mol. The summed E-state index contributed by atoms with van der Waals surface area (Å²) in [4.78, 5) is 10.4. The molecule has 72 valence electrons. The van der Waals surface area contributed by atoms with E-state index in [1.165, 1.54) is 0 Å². The zero-order valence-corrected chi connectivity index (χ0v) is 8.97. The third-order valence-corrected chi connectivity index (χ3v) is 1.82. The average Bonchev–Trinajstić information content (AvgIpc) is 2.31. The van der Waals surface area contributed by atoms with Crippen LogP contribution in [-0.2, 0) is 0 Å². The molecule has 0 aromatic carbocycles. The molecule has 0 unspecified atom stereocenters. The van der Waals surface area contributed by atoms with E-state index in [4.69, 9.17) is 11.6 Å². The molecule has 0 bridgehead atoms. The van der Waals surface area contributed by atoms with Gasteiger partial charge in [-0.2, -0.15) is 0 Å². The van der Waals surface area contributed by atoms with E-state index >= 15 is 0 Å². The van der Waals surface area contributed by atoms with Crippen molar-refractivity contribution in [2.24, 2.45) is 9.98 Å². The molecule has 0 atom stereocenters. The lowest BCUT2D eigenvalue weighted by Gasteiger charge is -2.03. The number of aliphatic imine (C=N–C) groups is 2. The summed E-state index contributed by atoms with van der Waals surface area (Å²) >= 11 is 5.89. The fourth-order valence-electron chi connectivity index (χ4n) is 1.04. The van der Waals surface area contributed by atoms with Crippen LogP contribution in [0.5, 0.6) is 0 Å². The van der Waals surface area contributed by atoms with Crippen molar-refractivity contribution >= 4 is 22.6 Å². The summed E-state index contributed by atoms with van der Waals surface area (Å²) < 4.78 is 0. The molecule has 1 heterocycles. The first-order valence-electron chi connectivity index (χ1n) is 4.34. The van der Waals surface area contributed by atoms with Gasteiger partial charge in [0.2, 0.25) is 0 Å². The molecule has 0 spiro atoms. The lowest BCUT2D eigenvalue weighted by atomic mass is 10.3. The van der Waals surface area contributed by atoms with Crippen molar-refractivity contribution in [1.29, 1.82) is 0 Å². The Kier molecular flexibility index (Phi) is 3.48. The van der Waals surface area contributed by atoms with Gasteiger partial charge in [-0.3, -0.25) is 0 Å². The van der Waals surface area contributed by atoms with Crippen LogP contribution in [-0.4, -0.2) is 30.0 Å². The summed E-state index contributed by atoms with van der Waals surface area (Å²) in [5.41, 5.74) is 0.759. The third kappa shape index (κ3) is 2.84. The Morgan fingerprint density at radius 1 is 1.38 bits per heavy atom. The van der Waals surface area contributed by atoms with E-state index in [1.807, 2.05) is 25.2 Å². The van der Waals surface area contributed by atoms with Gasteiger partial charge >= 0.3 is 0 Å². The van der Waals surface area contributed by atoms with Gasteiger partial charge in [0.25, 0.3) is 0 Å². The van der Waals surface area contributed by atoms with Crippen LogP contribution in [0.4, 0.5) is 0 Å². The number of amidine groups is 1. The molecule has 13 heavy (non-hydrogen) atoms. The predicted octanol–water partition coefficient (Wildman–Crippen LogP) is 2.24. The second kappa shape index (κ2) is 4.42. The molecule has 1 aliphatic heterocycles. The lowest BCUT2D eigenvalue weighted by Crippen LogP contribution is -2.03. The van der Waals surface area contributed by atoms with Gasteiger partial charge in [0.05, 0.1) is 0 Å². The topological polar surface area (TPSA) is 28.0 Å². The Labute approximate surface area is 83.8 Å². The minimum absolute atomic E-state index is 0.497. The highest BCUT2D eigenvalue weighted by molar-refractivity contribution is 6.71. The number of rotatable bonds is 3. The maximum Gasteiger partial charge on any atom is 0.158 e. The van der Waals surface area contributed by atoms with Crippen LogP contribution >= 0.6 is 11.6 Å². The zero-order valence-electron chi connectivity index (χ0n) is 8.21. The van der Waals surface area contributed by atoms with Gasteiger partial charge in [0.15, 0.2) is 5.17 Å². The molecule has 4 heteroatoms. The Balaban J connectivity index is 2.76. The molecule has 0 fully saturated rings. The second-order valence-electron chi connectivity index (χ2n) is 3.16. The largest absolute Gasteiger partial charge is 0.382 e. The van der Waals surface area contributed by atoms with Crippen molar-refractivity contribution in [2.45, 2.75) is 19.8 Å². The van der Waals surface area contributed by atoms with Crippen molar-refractivity contribution in [1.82, 2.24) is 4.90 Å². The Morgan fingerprint density at radius 2 is 2.08 bits per heavy atom. The Bertz CT molecular complexity index is 277. The molecular formula is C9H14ClN3. The number of halogens is 1. The molecule has 0 saturated carbocycles. The minimum Gasteiger partial charge on any atom is -0.382 e. The third-order valence-electron chi connectivity index (χ3n) is 1.54. The van der Waals surface area contributed by atoms with Crippen molar-refractivity contribution in [2.75, 3.05) is 14.1 Å². The minimum atomic E-state index is 0.497. The summed E-state index contributed by atoms with van der Waals surface area (Å²) in [6.07, 6.45) is 3.80. The van der Waals surface area contributed by atoms with Crippen molar-refractivity contribution in [3.05, 3.63) is 11.9 Å². The van der Waals surface area contributed by atoms with E-state index in [-0.39, 0.29) is 0 Å². The summed E-state index contributed by atoms with van der Waals surface area (Å²) in [7, 11) is 3.87. The lowest BCUT2D eigenvalue weighted by molar-refractivity contribution is 0.560. The molecule has 0 saturated heterocycles. The van der Waals surface area contributed by atoms with E-state index < -0.39 is 0 Å². The average molecular weight is 200 g/mol. The molecule has 0 amide bonds. The SMILES string of the molecule is CCCC1=N/C(=C/N(C)C)C(Cl)=N1. The summed E-state index contributed by atoms with van der Waals surface area (Å²) in [5.74, 6) is 0.834. The van der Waals surface area contributed by atoms with Gasteiger partial charge < -0.3 is 4.90 Å². The molecule has 3 nitrogen and oxygen atoms in total. The number of hydrogen-bond donors (Lipinski definition) is 0. The van der Waals surface area contributed by atoms with Gasteiger partial charge in [0, 0.05) is 26.7 Å². The quantitative estimate of drug-likeness (QED) is 0.685. The number of hydrogen-bond acceptors (Lipinski definition) is 3. The van der Waals surface area contributed by atoms with E-state index in [1.54, 1.807) is 0 Å². The van der Waals surface area contributed by atoms with Gasteiger partial charge in [-0.15, -0.1) is 0 Å². The van der Waals surface area contributed by atoms with Crippen molar-refractivity contribution in [3.8, 4) is 0 Å². The van der Waals surface area contributed by atoms with Crippen LogP contribution in [0.3, 0.4) is 0 Å². The Hall–Kier alpha value is -0.830. The monoisotopic (exact) mass is 199 g/mol. The van der Waals surface area contributed by atoms with Crippen LogP contribution in [0.1, 0.15) is 19.8 Å². The highest BCUT2D eigenvalue weighted by Gasteiger charge is 2.13. The highest BCUT2D eigenvalue weighted by atomic mass is 35.5. The molecular weight excluding hydrogens is 186 g/mol. The van der Waals surface area contributed by atoms with Crippen LogP contribution in [0.25, 0.3) is 0 Å². The van der Waals surface area contributed by atoms with E-state index in [0.29, 0.717) is 5.17 Å².